The van der Waals surface area contributed by atoms with Crippen LogP contribution >= 0.6 is 0 Å². The van der Waals surface area contributed by atoms with Crippen molar-refractivity contribution in [2.75, 3.05) is 37.4 Å². The van der Waals surface area contributed by atoms with Gasteiger partial charge in [-0.15, -0.1) is 0 Å². The molecule has 0 aliphatic carbocycles. The Morgan fingerprint density at radius 1 is 1.28 bits per heavy atom. The van der Waals surface area contributed by atoms with E-state index in [1.165, 1.54) is 7.11 Å². The number of piperazine rings is 1. The molecular weight excluding hydrogens is 385 g/mol. The first-order valence-corrected chi connectivity index (χ1v) is 9.20. The second-order valence-electron chi connectivity index (χ2n) is 6.98. The van der Waals surface area contributed by atoms with Gasteiger partial charge < -0.3 is 15.4 Å². The summed E-state index contributed by atoms with van der Waals surface area (Å²) < 4.78 is 43.6. The van der Waals surface area contributed by atoms with Crippen LogP contribution in [0.25, 0.3) is 0 Å². The largest absolute Gasteiger partial charge is 0.469 e. The van der Waals surface area contributed by atoms with E-state index in [2.05, 4.69) is 9.88 Å². The van der Waals surface area contributed by atoms with E-state index in [1.807, 2.05) is 30.3 Å². The molecule has 29 heavy (non-hydrogen) atoms. The number of ether oxygens (including phenoxy) is 1. The van der Waals surface area contributed by atoms with E-state index in [1.54, 1.807) is 4.90 Å². The molecule has 1 fully saturated rings. The summed E-state index contributed by atoms with van der Waals surface area (Å²) in [6.07, 6.45) is -3.65. The fraction of sp³-hybridized carbons (Fsp3) is 0.400. The number of carbonyl (C=O) groups is 1. The third kappa shape index (κ3) is 5.17. The number of nitrogens with two attached hydrogens (primary N) is 1. The summed E-state index contributed by atoms with van der Waals surface area (Å²) in [5.74, 6) is -0.140. The number of benzene rings is 1. The molecule has 2 N–H and O–H groups in total. The van der Waals surface area contributed by atoms with Crippen LogP contribution in [0.4, 0.5) is 24.7 Å². The number of alkyl halides is 3. The summed E-state index contributed by atoms with van der Waals surface area (Å²) in [6.45, 7) is 2.39. The molecule has 1 unspecified atom stereocenters. The molecule has 2 heterocycles. The van der Waals surface area contributed by atoms with Crippen LogP contribution in [-0.4, -0.2) is 48.6 Å². The fourth-order valence-electron chi connectivity index (χ4n) is 3.50. The van der Waals surface area contributed by atoms with Gasteiger partial charge in [0.1, 0.15) is 0 Å². The third-order valence-corrected chi connectivity index (χ3v) is 4.94. The van der Waals surface area contributed by atoms with Gasteiger partial charge in [-0.05, 0) is 11.6 Å². The van der Waals surface area contributed by atoms with E-state index in [0.29, 0.717) is 26.2 Å². The van der Waals surface area contributed by atoms with Gasteiger partial charge in [0.05, 0.1) is 30.8 Å². The van der Waals surface area contributed by atoms with Gasteiger partial charge in [0.25, 0.3) is 0 Å². The number of hydrogen-bond donors (Lipinski definition) is 1. The van der Waals surface area contributed by atoms with Gasteiger partial charge >= 0.3 is 12.1 Å². The molecule has 0 amide bonds. The smallest absolute Gasteiger partial charge is 0.417 e. The van der Waals surface area contributed by atoms with Crippen LogP contribution in [0.2, 0.25) is 0 Å². The Labute approximate surface area is 167 Å². The highest BCUT2D eigenvalue weighted by Gasteiger charge is 2.34. The highest BCUT2D eigenvalue weighted by atomic mass is 19.4. The van der Waals surface area contributed by atoms with Crippen molar-refractivity contribution in [1.29, 1.82) is 0 Å². The van der Waals surface area contributed by atoms with Crippen LogP contribution in [0.5, 0.6) is 0 Å². The lowest BCUT2D eigenvalue weighted by molar-refractivity contribution is -0.141. The van der Waals surface area contributed by atoms with Crippen molar-refractivity contribution in [2.45, 2.75) is 25.2 Å². The maximum absolute atomic E-state index is 12.9. The summed E-state index contributed by atoms with van der Waals surface area (Å²) in [5, 5.41) is 0. The monoisotopic (exact) mass is 408 g/mol. The quantitative estimate of drug-likeness (QED) is 0.767. The van der Waals surface area contributed by atoms with Gasteiger partial charge in [0.15, 0.2) is 5.82 Å². The minimum Gasteiger partial charge on any atom is -0.469 e. The molecule has 0 bridgehead atoms. The number of halogens is 3. The van der Waals surface area contributed by atoms with Crippen LogP contribution in [0.1, 0.15) is 17.5 Å². The van der Waals surface area contributed by atoms with Crippen molar-refractivity contribution < 1.29 is 22.7 Å². The molecule has 0 radical (unpaired) electrons. The first-order chi connectivity index (χ1) is 13.8. The van der Waals surface area contributed by atoms with Gasteiger partial charge in [-0.25, -0.2) is 4.98 Å². The number of esters is 1. The Bertz CT molecular complexity index is 845. The highest BCUT2D eigenvalue weighted by molar-refractivity contribution is 5.72. The predicted molar refractivity (Wildman–Crippen MR) is 103 cm³/mol. The van der Waals surface area contributed by atoms with Crippen LogP contribution in [-0.2, 0) is 22.3 Å². The number of methoxy groups -OCH3 is 1. The number of rotatable bonds is 5. The maximum atomic E-state index is 12.9. The Kier molecular flexibility index (Phi) is 6.26. The normalized spacial score (nSPS) is 17.9. The van der Waals surface area contributed by atoms with Crippen molar-refractivity contribution in [3.8, 4) is 0 Å². The molecule has 1 aliphatic rings. The minimum absolute atomic E-state index is 0.0637. The molecule has 1 aliphatic heterocycles. The molecule has 0 spiro atoms. The third-order valence-electron chi connectivity index (χ3n) is 4.94. The molecule has 1 aromatic carbocycles. The maximum Gasteiger partial charge on any atom is 0.417 e. The Hall–Kier alpha value is -2.81. The van der Waals surface area contributed by atoms with Gasteiger partial charge in [-0.2, -0.15) is 13.2 Å². The zero-order chi connectivity index (χ0) is 21.0. The second kappa shape index (κ2) is 8.69. The van der Waals surface area contributed by atoms with E-state index in [0.717, 1.165) is 17.8 Å². The van der Waals surface area contributed by atoms with E-state index >= 15 is 0 Å². The van der Waals surface area contributed by atoms with Crippen molar-refractivity contribution in [1.82, 2.24) is 9.88 Å². The summed E-state index contributed by atoms with van der Waals surface area (Å²) in [5.41, 5.74) is 6.08. The molecule has 9 heteroatoms. The number of carbonyl (C=O) groups excluding carboxylic acids is 1. The van der Waals surface area contributed by atoms with Gasteiger partial charge in [-0.1, -0.05) is 30.3 Å². The number of pyridine rings is 1. The first kappa shape index (κ1) is 20.9. The van der Waals surface area contributed by atoms with Gasteiger partial charge in [0.2, 0.25) is 0 Å². The molecule has 2 aromatic rings. The van der Waals surface area contributed by atoms with Crippen molar-refractivity contribution >= 4 is 17.5 Å². The predicted octanol–water partition coefficient (Wildman–Crippen LogP) is 2.94. The zero-order valence-electron chi connectivity index (χ0n) is 16.0. The second-order valence-corrected chi connectivity index (χ2v) is 6.98. The molecule has 6 nitrogen and oxygen atoms in total. The van der Waals surface area contributed by atoms with Crippen molar-refractivity contribution in [3.05, 3.63) is 53.7 Å². The van der Waals surface area contributed by atoms with Crippen molar-refractivity contribution in [3.63, 3.8) is 0 Å². The molecule has 3 rings (SSSR count). The summed E-state index contributed by atoms with van der Waals surface area (Å²) in [7, 11) is 1.31. The Morgan fingerprint density at radius 2 is 2.00 bits per heavy atom. The lowest BCUT2D eigenvalue weighted by atomic mass is 10.1. The lowest BCUT2D eigenvalue weighted by Gasteiger charge is -2.42. The Balaban J connectivity index is 1.81. The highest BCUT2D eigenvalue weighted by Crippen LogP contribution is 2.34. The number of aromatic nitrogens is 1. The summed E-state index contributed by atoms with van der Waals surface area (Å²) >= 11 is 0. The number of anilines is 2. The van der Waals surface area contributed by atoms with E-state index in [-0.39, 0.29) is 24.0 Å². The zero-order valence-corrected chi connectivity index (χ0v) is 16.0. The van der Waals surface area contributed by atoms with E-state index in [4.69, 9.17) is 10.5 Å². The van der Waals surface area contributed by atoms with Crippen molar-refractivity contribution in [2.24, 2.45) is 0 Å². The van der Waals surface area contributed by atoms with Gasteiger partial charge in [0, 0.05) is 32.4 Å². The average molecular weight is 408 g/mol. The molecule has 1 saturated heterocycles. The first-order valence-electron chi connectivity index (χ1n) is 9.20. The van der Waals surface area contributed by atoms with E-state index < -0.39 is 17.7 Å². The van der Waals surface area contributed by atoms with Gasteiger partial charge in [-0.3, -0.25) is 9.69 Å². The summed E-state index contributed by atoms with van der Waals surface area (Å²) in [4.78, 5) is 19.9. The molecule has 1 aromatic heterocycles. The molecular formula is C20H23F3N4O2. The lowest BCUT2D eigenvalue weighted by Crippen LogP contribution is -2.54. The molecule has 1 atom stereocenters. The number of nitrogen functional groups attached to an aromatic ring is 1. The van der Waals surface area contributed by atoms with E-state index in [9.17, 15) is 18.0 Å². The topological polar surface area (TPSA) is 71.7 Å². The fourth-order valence-corrected chi connectivity index (χ4v) is 3.50. The van der Waals surface area contributed by atoms with Crippen LogP contribution in [0.15, 0.2) is 42.6 Å². The average Bonchev–Trinajstić information content (AvgIpc) is 2.68. The standard InChI is InChI=1S/C20H23F3N4O2/c1-29-18(28)10-16-13-26(12-14-5-3-2-4-6-14)7-8-27(16)19-17(24)9-15(11-25-19)20(21,22)23/h2-6,9,11,16H,7-8,10,12-13,24H2,1H3. The number of hydrogen-bond acceptors (Lipinski definition) is 6. The van der Waals surface area contributed by atoms with Crippen LogP contribution in [0.3, 0.4) is 0 Å². The molecule has 0 saturated carbocycles. The minimum atomic E-state index is -4.51. The Morgan fingerprint density at radius 3 is 2.62 bits per heavy atom. The SMILES string of the molecule is COC(=O)CC1CN(Cc2ccccc2)CCN1c1ncc(C(F)(F)F)cc1N. The number of nitrogens with zero attached hydrogens (tertiary/aromatic N) is 3. The molecule has 156 valence electrons. The van der Waals surface area contributed by atoms with Crippen LogP contribution < -0.4 is 10.6 Å². The van der Waals surface area contributed by atoms with Crippen LogP contribution in [0, 0.1) is 0 Å². The summed E-state index contributed by atoms with van der Waals surface area (Å²) in [6, 6.07) is 10.5.